The molecule has 1 aliphatic heterocycles. The lowest BCUT2D eigenvalue weighted by molar-refractivity contribution is 0.140. The van der Waals surface area contributed by atoms with Crippen molar-refractivity contribution in [1.29, 1.82) is 0 Å². The highest BCUT2D eigenvalue weighted by Crippen LogP contribution is 2.31. The molecule has 2 rings (SSSR count). The smallest absolute Gasteiger partial charge is 0.407 e. The number of amides is 1. The predicted octanol–water partition coefficient (Wildman–Crippen LogP) is 2.55. The van der Waals surface area contributed by atoms with Crippen LogP contribution >= 0.6 is 27.3 Å². The topological polar surface area (TPSA) is 40.5 Å². The van der Waals surface area contributed by atoms with Crippen LogP contribution in [-0.2, 0) is 13.0 Å². The monoisotopic (exact) mass is 261 g/mol. The Labute approximate surface area is 88.1 Å². The molecule has 0 saturated heterocycles. The van der Waals surface area contributed by atoms with Gasteiger partial charge in [-0.1, -0.05) is 0 Å². The Morgan fingerprint density at radius 1 is 1.69 bits per heavy atom. The Hall–Kier alpha value is -0.550. The first-order valence-corrected chi connectivity index (χ1v) is 5.52. The van der Waals surface area contributed by atoms with Crippen LogP contribution in [0.2, 0.25) is 0 Å². The number of carbonyl (C=O) groups is 1. The molecule has 1 aliphatic rings. The lowest BCUT2D eigenvalue weighted by Gasteiger charge is -2.23. The number of fused-ring (bicyclic) bond motifs is 1. The molecule has 0 saturated carbocycles. The molecule has 1 aromatic rings. The molecule has 0 aromatic carbocycles. The molecule has 5 heteroatoms. The van der Waals surface area contributed by atoms with Gasteiger partial charge in [-0.15, -0.1) is 11.3 Å². The molecule has 0 radical (unpaired) electrons. The lowest BCUT2D eigenvalue weighted by atomic mass is 10.1. The second-order valence-electron chi connectivity index (χ2n) is 2.95. The largest absolute Gasteiger partial charge is 0.465 e. The number of nitrogens with zero attached hydrogens (tertiary/aromatic N) is 1. The summed E-state index contributed by atoms with van der Waals surface area (Å²) in [5, 5.41) is 8.79. The van der Waals surface area contributed by atoms with Gasteiger partial charge in [0.25, 0.3) is 0 Å². The standard InChI is InChI=1S/C8H8BrNO2S/c9-7-3-5-4-10(8(11)12)2-1-6(5)13-7/h3H,1-2,4H2,(H,11,12). The van der Waals surface area contributed by atoms with Gasteiger partial charge in [0.05, 0.1) is 10.3 Å². The minimum Gasteiger partial charge on any atom is -0.465 e. The van der Waals surface area contributed by atoms with E-state index in [1.807, 2.05) is 6.07 Å². The minimum absolute atomic E-state index is 0.534. The maximum absolute atomic E-state index is 10.7. The van der Waals surface area contributed by atoms with Gasteiger partial charge < -0.3 is 10.0 Å². The fraction of sp³-hybridized carbons (Fsp3) is 0.375. The van der Waals surface area contributed by atoms with Crippen molar-refractivity contribution in [2.24, 2.45) is 0 Å². The van der Waals surface area contributed by atoms with E-state index in [0.717, 1.165) is 15.8 Å². The van der Waals surface area contributed by atoms with Gasteiger partial charge in [0.15, 0.2) is 0 Å². The van der Waals surface area contributed by atoms with Crippen molar-refractivity contribution in [2.75, 3.05) is 6.54 Å². The third-order valence-corrected chi connectivity index (χ3v) is 3.85. The van der Waals surface area contributed by atoms with Gasteiger partial charge in [-0.3, -0.25) is 0 Å². The minimum atomic E-state index is -0.826. The predicted molar refractivity (Wildman–Crippen MR) is 54.2 cm³/mol. The molecule has 70 valence electrons. The number of halogens is 1. The molecule has 1 N–H and O–H groups in total. The molecular weight excluding hydrogens is 254 g/mol. The van der Waals surface area contributed by atoms with Crippen molar-refractivity contribution < 1.29 is 9.90 Å². The van der Waals surface area contributed by atoms with Crippen LogP contribution in [0.3, 0.4) is 0 Å². The van der Waals surface area contributed by atoms with Gasteiger partial charge in [-0.2, -0.15) is 0 Å². The zero-order valence-electron chi connectivity index (χ0n) is 6.79. The van der Waals surface area contributed by atoms with Crippen LogP contribution in [0, 0.1) is 0 Å². The normalized spacial score (nSPS) is 15.6. The van der Waals surface area contributed by atoms with Crippen molar-refractivity contribution in [3.63, 3.8) is 0 Å². The summed E-state index contributed by atoms with van der Waals surface area (Å²) < 4.78 is 1.09. The summed E-state index contributed by atoms with van der Waals surface area (Å²) in [5.41, 5.74) is 1.14. The van der Waals surface area contributed by atoms with Crippen molar-refractivity contribution in [3.8, 4) is 0 Å². The molecule has 0 unspecified atom stereocenters. The van der Waals surface area contributed by atoms with Gasteiger partial charge in [-0.05, 0) is 34.0 Å². The summed E-state index contributed by atoms with van der Waals surface area (Å²) in [6.07, 6.45) is 0.0192. The van der Waals surface area contributed by atoms with E-state index in [2.05, 4.69) is 15.9 Å². The molecule has 0 spiro atoms. The number of hydrogen-bond donors (Lipinski definition) is 1. The summed E-state index contributed by atoms with van der Waals surface area (Å²) in [7, 11) is 0. The van der Waals surface area contributed by atoms with Gasteiger partial charge in [0, 0.05) is 11.4 Å². The SMILES string of the molecule is O=C(O)N1CCc2sc(Br)cc2C1. The Morgan fingerprint density at radius 3 is 3.15 bits per heavy atom. The fourth-order valence-electron chi connectivity index (χ4n) is 1.46. The van der Waals surface area contributed by atoms with Crippen LogP contribution in [0.15, 0.2) is 9.85 Å². The Morgan fingerprint density at radius 2 is 2.46 bits per heavy atom. The number of hydrogen-bond acceptors (Lipinski definition) is 2. The first-order valence-electron chi connectivity index (χ1n) is 3.92. The molecule has 0 atom stereocenters. The Balaban J connectivity index is 2.24. The van der Waals surface area contributed by atoms with Crippen molar-refractivity contribution in [2.45, 2.75) is 13.0 Å². The highest BCUT2D eigenvalue weighted by Gasteiger charge is 2.21. The molecule has 13 heavy (non-hydrogen) atoms. The van der Waals surface area contributed by atoms with E-state index in [-0.39, 0.29) is 0 Å². The highest BCUT2D eigenvalue weighted by molar-refractivity contribution is 9.11. The molecule has 2 heterocycles. The zero-order chi connectivity index (χ0) is 9.42. The van der Waals surface area contributed by atoms with Gasteiger partial charge >= 0.3 is 6.09 Å². The van der Waals surface area contributed by atoms with E-state index in [0.29, 0.717) is 13.1 Å². The van der Waals surface area contributed by atoms with Crippen LogP contribution in [-0.4, -0.2) is 22.6 Å². The van der Waals surface area contributed by atoms with Gasteiger partial charge in [-0.25, -0.2) is 4.79 Å². The second-order valence-corrected chi connectivity index (χ2v) is 5.47. The van der Waals surface area contributed by atoms with E-state index in [9.17, 15) is 4.79 Å². The molecule has 0 bridgehead atoms. The van der Waals surface area contributed by atoms with Crippen molar-refractivity contribution >= 4 is 33.4 Å². The summed E-state index contributed by atoms with van der Waals surface area (Å²) in [4.78, 5) is 13.4. The second kappa shape index (κ2) is 3.31. The lowest BCUT2D eigenvalue weighted by Crippen LogP contribution is -2.33. The maximum atomic E-state index is 10.7. The first kappa shape index (κ1) is 9.02. The molecule has 3 nitrogen and oxygen atoms in total. The quantitative estimate of drug-likeness (QED) is 0.780. The van der Waals surface area contributed by atoms with Gasteiger partial charge in [0.1, 0.15) is 0 Å². The summed E-state index contributed by atoms with van der Waals surface area (Å²) in [6.45, 7) is 1.15. The van der Waals surface area contributed by atoms with Crippen LogP contribution in [0.25, 0.3) is 0 Å². The van der Waals surface area contributed by atoms with E-state index < -0.39 is 6.09 Å². The highest BCUT2D eigenvalue weighted by atomic mass is 79.9. The van der Waals surface area contributed by atoms with Gasteiger partial charge in [0.2, 0.25) is 0 Å². The van der Waals surface area contributed by atoms with Crippen molar-refractivity contribution in [3.05, 3.63) is 20.3 Å². The van der Waals surface area contributed by atoms with Crippen molar-refractivity contribution in [1.82, 2.24) is 4.90 Å². The molecule has 1 amide bonds. The Kier molecular flexibility index (Phi) is 2.29. The van der Waals surface area contributed by atoms with E-state index in [1.165, 1.54) is 9.78 Å². The van der Waals surface area contributed by atoms with E-state index in [1.54, 1.807) is 11.3 Å². The zero-order valence-corrected chi connectivity index (χ0v) is 9.19. The average molecular weight is 262 g/mol. The molecular formula is C8H8BrNO2S. The fourth-order valence-corrected chi connectivity index (χ4v) is 3.21. The average Bonchev–Trinajstić information content (AvgIpc) is 2.42. The Bertz CT molecular complexity index is 350. The maximum Gasteiger partial charge on any atom is 0.407 e. The van der Waals surface area contributed by atoms with Crippen LogP contribution in [0.4, 0.5) is 4.79 Å². The van der Waals surface area contributed by atoms with Crippen LogP contribution in [0.5, 0.6) is 0 Å². The molecule has 0 fully saturated rings. The number of carboxylic acid groups (broad SMARTS) is 1. The van der Waals surface area contributed by atoms with E-state index in [4.69, 9.17) is 5.11 Å². The summed E-state index contributed by atoms with van der Waals surface area (Å²) in [6, 6.07) is 2.01. The number of thiophene rings is 1. The van der Waals surface area contributed by atoms with Crippen LogP contribution < -0.4 is 0 Å². The molecule has 1 aromatic heterocycles. The van der Waals surface area contributed by atoms with E-state index >= 15 is 0 Å². The number of rotatable bonds is 0. The summed E-state index contributed by atoms with van der Waals surface area (Å²) in [5.74, 6) is 0. The third-order valence-electron chi connectivity index (χ3n) is 2.11. The molecule has 0 aliphatic carbocycles. The van der Waals surface area contributed by atoms with Crippen LogP contribution in [0.1, 0.15) is 10.4 Å². The first-order chi connectivity index (χ1) is 6.16. The summed E-state index contributed by atoms with van der Waals surface area (Å²) >= 11 is 5.10. The third kappa shape index (κ3) is 1.71.